The number of hydrogen-bond donors (Lipinski definition) is 3. The second-order valence-electron chi connectivity index (χ2n) is 6.27. The molecule has 0 aliphatic carbocycles. The minimum Gasteiger partial charge on any atom is -0.478 e. The summed E-state index contributed by atoms with van der Waals surface area (Å²) in [6.45, 7) is 0. The fourth-order valence-corrected chi connectivity index (χ4v) is 3.81. The van der Waals surface area contributed by atoms with Gasteiger partial charge in [0, 0.05) is 5.56 Å². The van der Waals surface area contributed by atoms with Crippen molar-refractivity contribution in [2.75, 3.05) is 5.01 Å². The average Bonchev–Trinajstić information content (AvgIpc) is 2.80. The van der Waals surface area contributed by atoms with Crippen molar-refractivity contribution in [1.82, 2.24) is 0 Å². The van der Waals surface area contributed by atoms with Gasteiger partial charge in [-0.25, -0.2) is 10.6 Å². The highest BCUT2D eigenvalue weighted by molar-refractivity contribution is 8.14. The van der Waals surface area contributed by atoms with Crippen LogP contribution >= 0.6 is 11.8 Å². The molecule has 5 N–H and O–H groups in total. The number of anilines is 1. The summed E-state index contributed by atoms with van der Waals surface area (Å²) in [6, 6.07) is 24.2. The molecule has 3 rings (SSSR count). The second-order valence-corrected chi connectivity index (χ2v) is 7.34. The van der Waals surface area contributed by atoms with E-state index in [0.29, 0.717) is 11.3 Å². The van der Waals surface area contributed by atoms with Crippen LogP contribution in [0.3, 0.4) is 0 Å². The maximum absolute atomic E-state index is 13.2. The van der Waals surface area contributed by atoms with Gasteiger partial charge in [0.05, 0.1) is 11.3 Å². The molecule has 0 aliphatic heterocycles. The van der Waals surface area contributed by atoms with Gasteiger partial charge in [0.25, 0.3) is 0 Å². The molecule has 0 heterocycles. The number of hydrazone groups is 1. The number of benzene rings is 3. The van der Waals surface area contributed by atoms with Crippen LogP contribution in [-0.2, 0) is 0 Å². The molecule has 0 saturated heterocycles. The van der Waals surface area contributed by atoms with Gasteiger partial charge in [0.15, 0.2) is 5.78 Å². The molecule has 3 aromatic carbocycles. The van der Waals surface area contributed by atoms with Crippen LogP contribution in [0.15, 0.2) is 90.0 Å². The van der Waals surface area contributed by atoms with Gasteiger partial charge in [-0.15, -0.1) is 0 Å². The highest BCUT2D eigenvalue weighted by Crippen LogP contribution is 2.34. The smallest absolute Gasteiger partial charge is 0.335 e. The van der Waals surface area contributed by atoms with Crippen molar-refractivity contribution < 1.29 is 14.7 Å². The third-order valence-corrected chi connectivity index (χ3v) is 5.57. The van der Waals surface area contributed by atoms with Gasteiger partial charge in [0.1, 0.15) is 5.25 Å². The van der Waals surface area contributed by atoms with E-state index in [2.05, 4.69) is 5.10 Å². The van der Waals surface area contributed by atoms with E-state index in [0.717, 1.165) is 17.3 Å². The minimum atomic E-state index is -1.04. The highest BCUT2D eigenvalue weighted by atomic mass is 32.2. The van der Waals surface area contributed by atoms with Crippen molar-refractivity contribution in [2.45, 2.75) is 5.25 Å². The molecule has 0 amide bonds. The number of carboxylic acids is 1. The lowest BCUT2D eigenvalue weighted by Gasteiger charge is -2.23. The zero-order valence-electron chi connectivity index (χ0n) is 15.9. The quantitative estimate of drug-likeness (QED) is 0.183. The zero-order valence-corrected chi connectivity index (χ0v) is 16.7. The topological polar surface area (TPSA) is 122 Å². The second kappa shape index (κ2) is 9.73. The number of aromatic carboxylic acids is 1. The summed E-state index contributed by atoms with van der Waals surface area (Å²) < 4.78 is 0. The number of nitrogens with zero attached hydrogens (tertiary/aromatic N) is 2. The summed E-state index contributed by atoms with van der Waals surface area (Å²) in [5, 5.41) is 13.6. The molecule has 0 radical (unpaired) electrons. The Hall–Kier alpha value is -3.62. The Balaban J connectivity index is 1.90. The first kappa shape index (κ1) is 21.1. The molecule has 0 saturated carbocycles. The van der Waals surface area contributed by atoms with E-state index in [9.17, 15) is 9.59 Å². The molecular formula is C22H20N4O3S. The SMILES string of the molecule is N/N=C(/SC(C(=O)c1ccccc1)c1ccccc1)N(N)c1ccc(C(=O)O)cc1. The number of ketones is 1. The first-order valence-corrected chi connectivity index (χ1v) is 9.86. The number of rotatable bonds is 6. The average molecular weight is 420 g/mol. The van der Waals surface area contributed by atoms with Crippen LogP contribution in [0, 0.1) is 0 Å². The van der Waals surface area contributed by atoms with Crippen LogP contribution in [0.4, 0.5) is 5.69 Å². The van der Waals surface area contributed by atoms with Crippen molar-refractivity contribution >= 4 is 34.4 Å². The molecule has 1 unspecified atom stereocenters. The van der Waals surface area contributed by atoms with E-state index in [1.54, 1.807) is 36.4 Å². The first-order chi connectivity index (χ1) is 14.5. The lowest BCUT2D eigenvalue weighted by Crippen LogP contribution is -2.37. The minimum absolute atomic E-state index is 0.109. The third kappa shape index (κ3) is 4.86. The highest BCUT2D eigenvalue weighted by Gasteiger charge is 2.27. The van der Waals surface area contributed by atoms with Gasteiger partial charge in [-0.3, -0.25) is 9.80 Å². The number of hydrazine groups is 1. The van der Waals surface area contributed by atoms with Gasteiger partial charge in [-0.05, 0) is 29.8 Å². The van der Waals surface area contributed by atoms with E-state index >= 15 is 0 Å². The number of carbonyl (C=O) groups excluding carboxylic acids is 1. The summed E-state index contributed by atoms with van der Waals surface area (Å²) in [5.41, 5.74) is 1.96. The summed E-state index contributed by atoms with van der Waals surface area (Å²) in [6.07, 6.45) is 0. The van der Waals surface area contributed by atoms with Crippen LogP contribution in [-0.4, -0.2) is 22.0 Å². The Morgan fingerprint density at radius 2 is 1.43 bits per heavy atom. The molecule has 0 fully saturated rings. The van der Waals surface area contributed by atoms with Crippen molar-refractivity contribution in [3.63, 3.8) is 0 Å². The molecule has 0 bridgehead atoms. The molecule has 0 aliphatic rings. The largest absolute Gasteiger partial charge is 0.478 e. The lowest BCUT2D eigenvalue weighted by atomic mass is 10.0. The van der Waals surface area contributed by atoms with Crippen LogP contribution < -0.4 is 16.7 Å². The Morgan fingerprint density at radius 1 is 0.867 bits per heavy atom. The standard InChI is InChI=1S/C22H20N4O3S/c23-25-22(26(24)18-13-11-17(12-14-18)21(28)29)30-20(16-9-5-2-6-10-16)19(27)15-7-3-1-4-8-15/h1-14,20H,23-24H2,(H,28,29)/b25-22+. The van der Waals surface area contributed by atoms with Crippen LogP contribution in [0.25, 0.3) is 0 Å². The molecule has 0 spiro atoms. The number of thioether (sulfide) groups is 1. The number of carboxylic acid groups (broad SMARTS) is 1. The predicted octanol–water partition coefficient (Wildman–Crippen LogP) is 3.65. The molecule has 30 heavy (non-hydrogen) atoms. The van der Waals surface area contributed by atoms with Gasteiger partial charge in [-0.1, -0.05) is 72.4 Å². The fraction of sp³-hybridized carbons (Fsp3) is 0.0455. The zero-order chi connectivity index (χ0) is 21.5. The summed E-state index contributed by atoms with van der Waals surface area (Å²) in [4.78, 5) is 24.3. The van der Waals surface area contributed by atoms with E-state index in [4.69, 9.17) is 16.8 Å². The van der Waals surface area contributed by atoms with Gasteiger partial charge >= 0.3 is 5.97 Å². The molecule has 7 nitrogen and oxygen atoms in total. The first-order valence-electron chi connectivity index (χ1n) is 8.98. The molecule has 152 valence electrons. The monoisotopic (exact) mass is 420 g/mol. The van der Waals surface area contributed by atoms with Crippen LogP contribution in [0.5, 0.6) is 0 Å². The fourth-order valence-electron chi connectivity index (χ4n) is 2.78. The number of carbonyl (C=O) groups is 2. The Kier molecular flexibility index (Phi) is 6.84. The van der Waals surface area contributed by atoms with Crippen molar-refractivity contribution in [3.05, 3.63) is 102 Å². The van der Waals surface area contributed by atoms with E-state index in [-0.39, 0.29) is 16.5 Å². The van der Waals surface area contributed by atoms with Crippen LogP contribution in [0.1, 0.15) is 31.5 Å². The van der Waals surface area contributed by atoms with Crippen LogP contribution in [0.2, 0.25) is 0 Å². The summed E-state index contributed by atoms with van der Waals surface area (Å²) >= 11 is 1.12. The van der Waals surface area contributed by atoms with Crippen molar-refractivity contribution in [2.24, 2.45) is 16.8 Å². The van der Waals surface area contributed by atoms with Crippen molar-refractivity contribution in [3.8, 4) is 0 Å². The van der Waals surface area contributed by atoms with E-state index in [1.807, 2.05) is 36.4 Å². The number of nitrogens with two attached hydrogens (primary N) is 2. The molecule has 8 heteroatoms. The Labute approximate surface area is 178 Å². The molecule has 1 atom stereocenters. The number of amidine groups is 1. The summed E-state index contributed by atoms with van der Waals surface area (Å²) in [5.74, 6) is 10.6. The Morgan fingerprint density at radius 3 is 1.97 bits per heavy atom. The maximum atomic E-state index is 13.2. The lowest BCUT2D eigenvalue weighted by molar-refractivity contribution is 0.0696. The predicted molar refractivity (Wildman–Crippen MR) is 119 cm³/mol. The van der Waals surface area contributed by atoms with E-state index < -0.39 is 11.2 Å². The third-order valence-electron chi connectivity index (χ3n) is 4.33. The van der Waals surface area contributed by atoms with Gasteiger partial charge in [-0.2, -0.15) is 5.10 Å². The normalized spacial score (nSPS) is 12.2. The number of Topliss-reactive ketones (excluding diaryl/α,β-unsaturated/α-hetero) is 1. The van der Waals surface area contributed by atoms with Gasteiger partial charge < -0.3 is 10.9 Å². The van der Waals surface area contributed by atoms with Crippen molar-refractivity contribution in [1.29, 1.82) is 0 Å². The molecular weight excluding hydrogens is 400 g/mol. The molecule has 0 aromatic heterocycles. The molecule has 3 aromatic rings. The van der Waals surface area contributed by atoms with E-state index in [1.165, 1.54) is 17.1 Å². The summed E-state index contributed by atoms with van der Waals surface area (Å²) in [7, 11) is 0. The number of hydrogen-bond acceptors (Lipinski definition) is 6. The maximum Gasteiger partial charge on any atom is 0.335 e. The Bertz CT molecular complexity index is 1040. The van der Waals surface area contributed by atoms with Gasteiger partial charge in [0.2, 0.25) is 5.17 Å².